The highest BCUT2D eigenvalue weighted by molar-refractivity contribution is 5.90. The number of anilines is 2. The Kier molecular flexibility index (Phi) is 2.22. The van der Waals surface area contributed by atoms with E-state index in [-0.39, 0.29) is 0 Å². The summed E-state index contributed by atoms with van der Waals surface area (Å²) in [5.41, 5.74) is 8.02. The Labute approximate surface area is 112 Å². The van der Waals surface area contributed by atoms with Gasteiger partial charge >= 0.3 is 0 Å². The molecule has 0 amide bonds. The highest BCUT2D eigenvalue weighted by Gasteiger charge is 2.53. The van der Waals surface area contributed by atoms with E-state index in [0.29, 0.717) is 5.41 Å². The number of hydrogen-bond acceptors (Lipinski definition) is 4. The molecule has 2 aliphatic carbocycles. The lowest BCUT2D eigenvalue weighted by atomic mass is 10.0. The molecule has 0 bridgehead atoms. The van der Waals surface area contributed by atoms with Gasteiger partial charge in [-0.05, 0) is 55.2 Å². The Morgan fingerprint density at radius 3 is 2.84 bits per heavy atom. The number of benzene rings is 1. The van der Waals surface area contributed by atoms with E-state index >= 15 is 0 Å². The van der Waals surface area contributed by atoms with Gasteiger partial charge in [0.05, 0.1) is 5.52 Å². The molecule has 2 aromatic rings. The standard InChI is InChI=1S/C15H18N4/c16-11-3-4-12-13(7-11)18-9-19-14(12)17-8-15(5-6-15)10-1-2-10/h3-4,7,9-10H,1-2,5-6,8,16H2,(H,17,18,19). The van der Waals surface area contributed by atoms with E-state index in [1.165, 1.54) is 25.7 Å². The van der Waals surface area contributed by atoms with Crippen LogP contribution in [0.4, 0.5) is 11.5 Å². The van der Waals surface area contributed by atoms with Gasteiger partial charge in [0.25, 0.3) is 0 Å². The Morgan fingerprint density at radius 1 is 1.26 bits per heavy atom. The molecule has 3 N–H and O–H groups in total. The van der Waals surface area contributed by atoms with E-state index in [1.807, 2.05) is 18.2 Å². The molecular formula is C15H18N4. The SMILES string of the molecule is Nc1ccc2c(NCC3(C4CC4)CC3)ncnc2c1. The quantitative estimate of drug-likeness (QED) is 0.823. The zero-order valence-electron chi connectivity index (χ0n) is 10.9. The average molecular weight is 254 g/mol. The molecule has 2 saturated carbocycles. The predicted octanol–water partition coefficient (Wildman–Crippen LogP) is 2.81. The van der Waals surface area contributed by atoms with Gasteiger partial charge in [0.15, 0.2) is 0 Å². The van der Waals surface area contributed by atoms with Crippen LogP contribution in [-0.2, 0) is 0 Å². The van der Waals surface area contributed by atoms with E-state index in [4.69, 9.17) is 5.73 Å². The molecule has 19 heavy (non-hydrogen) atoms. The van der Waals surface area contributed by atoms with Crippen LogP contribution in [0.3, 0.4) is 0 Å². The summed E-state index contributed by atoms with van der Waals surface area (Å²) in [5.74, 6) is 1.90. The largest absolute Gasteiger partial charge is 0.399 e. The number of aromatic nitrogens is 2. The minimum absolute atomic E-state index is 0.574. The van der Waals surface area contributed by atoms with Crippen molar-refractivity contribution in [3.8, 4) is 0 Å². The maximum atomic E-state index is 5.79. The summed E-state index contributed by atoms with van der Waals surface area (Å²) >= 11 is 0. The number of nitrogen functional groups attached to an aromatic ring is 1. The molecule has 4 nitrogen and oxygen atoms in total. The second kappa shape index (κ2) is 3.83. The van der Waals surface area contributed by atoms with E-state index in [1.54, 1.807) is 6.33 Å². The number of nitrogens with one attached hydrogen (secondary N) is 1. The maximum absolute atomic E-state index is 5.79. The van der Waals surface area contributed by atoms with Crippen molar-refractivity contribution in [2.24, 2.45) is 11.3 Å². The fourth-order valence-corrected chi connectivity index (χ4v) is 3.06. The molecule has 4 rings (SSSR count). The summed E-state index contributed by atoms with van der Waals surface area (Å²) < 4.78 is 0. The van der Waals surface area contributed by atoms with E-state index in [0.717, 1.165) is 34.9 Å². The van der Waals surface area contributed by atoms with Gasteiger partial charge in [-0.25, -0.2) is 9.97 Å². The van der Waals surface area contributed by atoms with E-state index in [9.17, 15) is 0 Å². The number of nitrogens with two attached hydrogens (primary N) is 1. The molecule has 98 valence electrons. The zero-order chi connectivity index (χ0) is 12.9. The summed E-state index contributed by atoms with van der Waals surface area (Å²) in [6.45, 7) is 1.05. The topological polar surface area (TPSA) is 63.8 Å². The minimum atomic E-state index is 0.574. The van der Waals surface area contributed by atoms with Crippen LogP contribution in [0, 0.1) is 11.3 Å². The van der Waals surface area contributed by atoms with E-state index in [2.05, 4.69) is 15.3 Å². The van der Waals surface area contributed by atoms with Crippen LogP contribution in [-0.4, -0.2) is 16.5 Å². The molecule has 1 aromatic heterocycles. The van der Waals surface area contributed by atoms with Crippen LogP contribution in [0.5, 0.6) is 0 Å². The number of nitrogens with zero attached hydrogens (tertiary/aromatic N) is 2. The zero-order valence-corrected chi connectivity index (χ0v) is 10.9. The van der Waals surface area contributed by atoms with Crippen molar-refractivity contribution in [2.75, 3.05) is 17.6 Å². The average Bonchev–Trinajstić information content (AvgIpc) is 3.27. The number of rotatable bonds is 4. The third-order valence-corrected chi connectivity index (χ3v) is 4.60. The van der Waals surface area contributed by atoms with Crippen molar-refractivity contribution in [2.45, 2.75) is 25.7 Å². The third kappa shape index (κ3) is 1.91. The van der Waals surface area contributed by atoms with Crippen molar-refractivity contribution < 1.29 is 0 Å². The number of hydrogen-bond donors (Lipinski definition) is 2. The summed E-state index contributed by atoms with van der Waals surface area (Å²) in [6.07, 6.45) is 7.20. The molecule has 0 radical (unpaired) electrons. The van der Waals surface area contributed by atoms with Crippen LogP contribution >= 0.6 is 0 Å². The van der Waals surface area contributed by atoms with E-state index < -0.39 is 0 Å². The summed E-state index contributed by atoms with van der Waals surface area (Å²) in [6, 6.07) is 5.81. The van der Waals surface area contributed by atoms with Crippen molar-refractivity contribution in [3.05, 3.63) is 24.5 Å². The first kappa shape index (κ1) is 11.0. The van der Waals surface area contributed by atoms with Gasteiger partial charge in [0, 0.05) is 17.6 Å². The van der Waals surface area contributed by atoms with Crippen LogP contribution in [0.1, 0.15) is 25.7 Å². The Bertz CT molecular complexity index is 629. The van der Waals surface area contributed by atoms with Gasteiger partial charge in [-0.1, -0.05) is 0 Å². The highest BCUT2D eigenvalue weighted by Crippen LogP contribution is 2.61. The van der Waals surface area contributed by atoms with Gasteiger partial charge in [-0.3, -0.25) is 0 Å². The van der Waals surface area contributed by atoms with Crippen LogP contribution in [0.2, 0.25) is 0 Å². The lowest BCUT2D eigenvalue weighted by Gasteiger charge is -2.16. The van der Waals surface area contributed by atoms with Gasteiger partial charge < -0.3 is 11.1 Å². The first-order valence-electron chi connectivity index (χ1n) is 7.01. The minimum Gasteiger partial charge on any atom is -0.399 e. The lowest BCUT2D eigenvalue weighted by Crippen LogP contribution is -2.18. The molecule has 4 heteroatoms. The van der Waals surface area contributed by atoms with Crippen LogP contribution in [0.25, 0.3) is 10.9 Å². The summed E-state index contributed by atoms with van der Waals surface area (Å²) in [7, 11) is 0. The van der Waals surface area contributed by atoms with Gasteiger partial charge in [0.1, 0.15) is 12.1 Å². The smallest absolute Gasteiger partial charge is 0.137 e. The molecular weight excluding hydrogens is 236 g/mol. The maximum Gasteiger partial charge on any atom is 0.137 e. The molecule has 2 fully saturated rings. The molecule has 0 aliphatic heterocycles. The first-order chi connectivity index (χ1) is 9.27. The fourth-order valence-electron chi connectivity index (χ4n) is 3.06. The Morgan fingerprint density at radius 2 is 2.11 bits per heavy atom. The molecule has 0 saturated heterocycles. The summed E-state index contributed by atoms with van der Waals surface area (Å²) in [5, 5.41) is 4.60. The second-order valence-corrected chi connectivity index (χ2v) is 5.99. The van der Waals surface area contributed by atoms with Gasteiger partial charge in [-0.2, -0.15) is 0 Å². The van der Waals surface area contributed by atoms with Crippen LogP contribution < -0.4 is 11.1 Å². The monoisotopic (exact) mass is 254 g/mol. The van der Waals surface area contributed by atoms with Crippen LogP contribution in [0.15, 0.2) is 24.5 Å². The van der Waals surface area contributed by atoms with Crippen molar-refractivity contribution in [1.82, 2.24) is 9.97 Å². The highest BCUT2D eigenvalue weighted by atomic mass is 15.0. The molecule has 1 aromatic carbocycles. The van der Waals surface area contributed by atoms with Gasteiger partial charge in [-0.15, -0.1) is 0 Å². The lowest BCUT2D eigenvalue weighted by molar-refractivity contribution is 0.466. The molecule has 0 spiro atoms. The van der Waals surface area contributed by atoms with Crippen molar-refractivity contribution >= 4 is 22.4 Å². The van der Waals surface area contributed by atoms with Crippen molar-refractivity contribution in [1.29, 1.82) is 0 Å². The molecule has 0 unspecified atom stereocenters. The van der Waals surface area contributed by atoms with Gasteiger partial charge in [0.2, 0.25) is 0 Å². The number of fused-ring (bicyclic) bond motifs is 1. The second-order valence-electron chi connectivity index (χ2n) is 5.99. The molecule has 1 heterocycles. The normalized spacial score (nSPS) is 20.4. The van der Waals surface area contributed by atoms with Crippen molar-refractivity contribution in [3.63, 3.8) is 0 Å². The predicted molar refractivity (Wildman–Crippen MR) is 76.8 cm³/mol. The first-order valence-corrected chi connectivity index (χ1v) is 7.01. The fraction of sp³-hybridized carbons (Fsp3) is 0.467. The molecule has 0 atom stereocenters. The summed E-state index contributed by atoms with van der Waals surface area (Å²) in [4.78, 5) is 8.66. The molecule has 2 aliphatic rings. The Balaban J connectivity index is 1.60. The Hall–Kier alpha value is -1.84. The third-order valence-electron chi connectivity index (χ3n) is 4.60.